The van der Waals surface area contributed by atoms with Gasteiger partial charge in [-0.15, -0.1) is 0 Å². The van der Waals surface area contributed by atoms with Gasteiger partial charge >= 0.3 is 0 Å². The number of hydrogen-bond acceptors (Lipinski definition) is 2. The molecule has 1 amide bonds. The van der Waals surface area contributed by atoms with Crippen molar-refractivity contribution in [3.8, 4) is 0 Å². The van der Waals surface area contributed by atoms with Gasteiger partial charge in [0.05, 0.1) is 5.69 Å². The van der Waals surface area contributed by atoms with E-state index in [4.69, 9.17) is 0 Å². The van der Waals surface area contributed by atoms with E-state index in [0.717, 1.165) is 25.9 Å². The number of nitrogens with one attached hydrogen (secondary N) is 2. The van der Waals surface area contributed by atoms with Crippen LogP contribution in [0.2, 0.25) is 0 Å². The molecule has 6 heteroatoms. The lowest BCUT2D eigenvalue weighted by Gasteiger charge is -2.22. The maximum absolute atomic E-state index is 13.4. The molecule has 2 N–H and O–H groups in total. The van der Waals surface area contributed by atoms with Crippen molar-refractivity contribution in [2.45, 2.75) is 25.7 Å². The minimum Gasteiger partial charge on any atom is -0.324 e. The first-order chi connectivity index (χ1) is 9.56. The smallest absolute Gasteiger partial charge is 0.224 e. The molecule has 0 saturated carbocycles. The van der Waals surface area contributed by atoms with Crippen molar-refractivity contribution in [3.05, 3.63) is 29.6 Å². The van der Waals surface area contributed by atoms with Gasteiger partial charge < -0.3 is 10.6 Å². The summed E-state index contributed by atoms with van der Waals surface area (Å²) in [6.45, 7) is 1.88. The topological polar surface area (TPSA) is 41.1 Å². The van der Waals surface area contributed by atoms with Crippen LogP contribution >= 0.6 is 0 Å². The number of benzene rings is 1. The molecule has 3 nitrogen and oxygen atoms in total. The number of halogens is 3. The average Bonchev–Trinajstić information content (AvgIpc) is 2.44. The van der Waals surface area contributed by atoms with Crippen LogP contribution in [-0.4, -0.2) is 19.0 Å². The molecule has 2 rings (SSSR count). The molecule has 0 radical (unpaired) electrons. The minimum atomic E-state index is -1.27. The molecular weight excluding hydrogens is 269 g/mol. The summed E-state index contributed by atoms with van der Waals surface area (Å²) in [6, 6.07) is 1.08. The first-order valence-electron chi connectivity index (χ1n) is 6.71. The lowest BCUT2D eigenvalue weighted by Crippen LogP contribution is -2.30. The Hall–Kier alpha value is -1.56. The predicted octanol–water partition coefficient (Wildman–Crippen LogP) is 2.82. The van der Waals surface area contributed by atoms with Crippen molar-refractivity contribution in [1.29, 1.82) is 0 Å². The summed E-state index contributed by atoms with van der Waals surface area (Å²) < 4.78 is 39.1. The van der Waals surface area contributed by atoms with Gasteiger partial charge in [0.25, 0.3) is 0 Å². The molecule has 1 atom stereocenters. The van der Waals surface area contributed by atoms with Crippen LogP contribution in [0.5, 0.6) is 0 Å². The van der Waals surface area contributed by atoms with Crippen LogP contribution in [0.4, 0.5) is 18.9 Å². The molecule has 110 valence electrons. The summed E-state index contributed by atoms with van der Waals surface area (Å²) in [5, 5.41) is 5.52. The summed E-state index contributed by atoms with van der Waals surface area (Å²) in [4.78, 5) is 11.7. The second-order valence-corrected chi connectivity index (χ2v) is 5.05. The van der Waals surface area contributed by atoms with Gasteiger partial charge in [0.2, 0.25) is 5.91 Å². The number of anilines is 1. The largest absolute Gasteiger partial charge is 0.324 e. The fraction of sp³-hybridized carbons (Fsp3) is 0.500. The predicted molar refractivity (Wildman–Crippen MR) is 69.8 cm³/mol. The Kier molecular flexibility index (Phi) is 5.00. The highest BCUT2D eigenvalue weighted by Gasteiger charge is 2.16. The number of hydrogen-bond donors (Lipinski definition) is 2. The average molecular weight is 286 g/mol. The van der Waals surface area contributed by atoms with Crippen molar-refractivity contribution in [2.24, 2.45) is 5.92 Å². The fourth-order valence-corrected chi connectivity index (χ4v) is 2.34. The summed E-state index contributed by atoms with van der Waals surface area (Å²) >= 11 is 0. The normalized spacial score (nSPS) is 18.9. The van der Waals surface area contributed by atoms with E-state index in [1.54, 1.807) is 0 Å². The zero-order valence-electron chi connectivity index (χ0n) is 11.0. The number of piperidine rings is 1. The molecule has 1 unspecified atom stereocenters. The van der Waals surface area contributed by atoms with Crippen LogP contribution in [0.3, 0.4) is 0 Å². The van der Waals surface area contributed by atoms with Gasteiger partial charge in [-0.25, -0.2) is 13.2 Å². The molecule has 0 aromatic heterocycles. The first-order valence-corrected chi connectivity index (χ1v) is 6.71. The van der Waals surface area contributed by atoms with Crippen LogP contribution in [0.15, 0.2) is 12.1 Å². The van der Waals surface area contributed by atoms with E-state index < -0.39 is 17.5 Å². The van der Waals surface area contributed by atoms with Crippen molar-refractivity contribution < 1.29 is 18.0 Å². The fourth-order valence-electron chi connectivity index (χ4n) is 2.34. The number of rotatable bonds is 4. The Balaban J connectivity index is 1.86. The Morgan fingerprint density at radius 2 is 2.00 bits per heavy atom. The van der Waals surface area contributed by atoms with E-state index in [0.29, 0.717) is 24.5 Å². The number of carbonyl (C=O) groups excluding carboxylic acids is 1. The highest BCUT2D eigenvalue weighted by atomic mass is 19.2. The third-order valence-corrected chi connectivity index (χ3v) is 3.46. The van der Waals surface area contributed by atoms with Crippen LogP contribution in [0.25, 0.3) is 0 Å². The van der Waals surface area contributed by atoms with E-state index in [9.17, 15) is 18.0 Å². The molecular formula is C14H17F3N2O. The third-order valence-electron chi connectivity index (χ3n) is 3.46. The zero-order chi connectivity index (χ0) is 14.5. The zero-order valence-corrected chi connectivity index (χ0v) is 11.0. The second-order valence-electron chi connectivity index (χ2n) is 5.05. The highest BCUT2D eigenvalue weighted by Crippen LogP contribution is 2.20. The van der Waals surface area contributed by atoms with E-state index in [-0.39, 0.29) is 18.0 Å². The van der Waals surface area contributed by atoms with Crippen LogP contribution in [-0.2, 0) is 4.79 Å². The van der Waals surface area contributed by atoms with Crippen molar-refractivity contribution in [2.75, 3.05) is 18.4 Å². The Labute approximate surface area is 115 Å². The van der Waals surface area contributed by atoms with Gasteiger partial charge in [-0.1, -0.05) is 0 Å². The van der Waals surface area contributed by atoms with Gasteiger partial charge in [0.1, 0.15) is 5.82 Å². The van der Waals surface area contributed by atoms with Gasteiger partial charge in [0.15, 0.2) is 11.6 Å². The van der Waals surface area contributed by atoms with E-state index in [1.165, 1.54) is 0 Å². The van der Waals surface area contributed by atoms with Crippen molar-refractivity contribution in [3.63, 3.8) is 0 Å². The summed E-state index contributed by atoms with van der Waals surface area (Å²) in [5.74, 6) is -3.38. The van der Waals surface area contributed by atoms with E-state index in [1.807, 2.05) is 0 Å². The molecule has 1 aromatic carbocycles. The standard InChI is InChI=1S/C14H17F3N2O/c15-10-6-12(17)13(7-11(10)16)19-14(20)4-3-9-2-1-5-18-8-9/h6-7,9,18H,1-5,8H2,(H,19,20). The molecule has 1 aromatic rings. The van der Waals surface area contributed by atoms with Crippen LogP contribution in [0.1, 0.15) is 25.7 Å². The van der Waals surface area contributed by atoms with Gasteiger partial charge in [-0.3, -0.25) is 4.79 Å². The molecule has 20 heavy (non-hydrogen) atoms. The molecule has 0 spiro atoms. The Morgan fingerprint density at radius 3 is 2.70 bits per heavy atom. The third kappa shape index (κ3) is 3.96. The van der Waals surface area contributed by atoms with E-state index >= 15 is 0 Å². The minimum absolute atomic E-state index is 0.241. The molecule has 0 aliphatic carbocycles. The maximum atomic E-state index is 13.4. The Morgan fingerprint density at radius 1 is 1.25 bits per heavy atom. The summed E-state index contributed by atoms with van der Waals surface area (Å²) in [7, 11) is 0. The molecule has 0 bridgehead atoms. The highest BCUT2D eigenvalue weighted by molar-refractivity contribution is 5.90. The van der Waals surface area contributed by atoms with Gasteiger partial charge in [-0.2, -0.15) is 0 Å². The SMILES string of the molecule is O=C(CCC1CCCNC1)Nc1cc(F)c(F)cc1F. The molecule has 1 aliphatic heterocycles. The van der Waals surface area contributed by atoms with Gasteiger partial charge in [-0.05, 0) is 38.3 Å². The second kappa shape index (κ2) is 6.74. The number of carbonyl (C=O) groups is 1. The molecule has 1 fully saturated rings. The summed E-state index contributed by atoms with van der Waals surface area (Å²) in [5.41, 5.74) is -0.323. The number of amides is 1. The van der Waals surface area contributed by atoms with Gasteiger partial charge in [0, 0.05) is 18.6 Å². The van der Waals surface area contributed by atoms with Crippen LogP contribution < -0.4 is 10.6 Å². The quantitative estimate of drug-likeness (QED) is 0.836. The molecule has 1 heterocycles. The monoisotopic (exact) mass is 286 g/mol. The molecule has 1 aliphatic rings. The van der Waals surface area contributed by atoms with Crippen molar-refractivity contribution >= 4 is 11.6 Å². The van der Waals surface area contributed by atoms with E-state index in [2.05, 4.69) is 10.6 Å². The Bertz CT molecular complexity index is 488. The summed E-state index contributed by atoms with van der Waals surface area (Å²) in [6.07, 6.45) is 3.10. The lowest BCUT2D eigenvalue weighted by molar-refractivity contribution is -0.116. The van der Waals surface area contributed by atoms with Crippen LogP contribution in [0, 0.1) is 23.4 Å². The molecule has 1 saturated heterocycles. The maximum Gasteiger partial charge on any atom is 0.224 e. The van der Waals surface area contributed by atoms with Crippen molar-refractivity contribution in [1.82, 2.24) is 5.32 Å². The lowest BCUT2D eigenvalue weighted by atomic mass is 9.94. The first kappa shape index (κ1) is 14.8.